The molecule has 0 spiro atoms. The highest BCUT2D eigenvalue weighted by molar-refractivity contribution is 6.30. The third-order valence-corrected chi connectivity index (χ3v) is 4.59. The van der Waals surface area contributed by atoms with Crippen molar-refractivity contribution in [1.29, 1.82) is 0 Å². The van der Waals surface area contributed by atoms with Crippen LogP contribution in [0.4, 0.5) is 0 Å². The summed E-state index contributed by atoms with van der Waals surface area (Å²) in [5.74, 6) is 1.20. The lowest BCUT2D eigenvalue weighted by molar-refractivity contribution is 0.116. The second kappa shape index (κ2) is 9.51. The molecule has 1 heterocycles. The molecular weight excluding hydrogens is 362 g/mol. The third kappa shape index (κ3) is 5.79. The van der Waals surface area contributed by atoms with Crippen LogP contribution in [0.2, 0.25) is 5.02 Å². The first-order chi connectivity index (χ1) is 13.1. The maximum absolute atomic E-state index is 10.4. The predicted octanol–water partition coefficient (Wildman–Crippen LogP) is 4.80. The van der Waals surface area contributed by atoms with E-state index in [1.807, 2.05) is 48.5 Å². The molecule has 2 N–H and O–H groups in total. The molecule has 0 aliphatic carbocycles. The molecule has 0 amide bonds. The topological polar surface area (TPSA) is 62.6 Å². The van der Waals surface area contributed by atoms with Crippen molar-refractivity contribution in [3.05, 3.63) is 89.1 Å². The van der Waals surface area contributed by atoms with Gasteiger partial charge >= 0.3 is 0 Å². The Labute approximate surface area is 164 Å². The highest BCUT2D eigenvalue weighted by atomic mass is 35.5. The van der Waals surface area contributed by atoms with Gasteiger partial charge in [0.1, 0.15) is 5.75 Å². The molecule has 0 radical (unpaired) electrons. The van der Waals surface area contributed by atoms with Gasteiger partial charge in [-0.05, 0) is 60.2 Å². The van der Waals surface area contributed by atoms with Crippen molar-refractivity contribution in [3.63, 3.8) is 0 Å². The molecule has 27 heavy (non-hydrogen) atoms. The summed E-state index contributed by atoms with van der Waals surface area (Å²) in [6.45, 7) is 0.00378. The fraction of sp³-hybridized carbons (Fsp3) is 0.227. The standard InChI is InChI=1S/C22H22ClNO3/c23-19-5-3-4-18(14-19)21(26)13-17(15-25)12-16-7-9-20(10-8-16)27-22-6-1-2-11-24-22/h1-11,14,17,21,25-26H,12-13,15H2/t17?,21-/m1/s1. The maximum Gasteiger partial charge on any atom is 0.219 e. The fourth-order valence-corrected chi connectivity index (χ4v) is 3.14. The summed E-state index contributed by atoms with van der Waals surface area (Å²) >= 11 is 5.99. The average Bonchev–Trinajstić information content (AvgIpc) is 2.69. The van der Waals surface area contributed by atoms with Gasteiger partial charge in [0.2, 0.25) is 5.88 Å². The highest BCUT2D eigenvalue weighted by Crippen LogP contribution is 2.26. The molecule has 4 nitrogen and oxygen atoms in total. The molecule has 0 fully saturated rings. The number of hydrogen-bond donors (Lipinski definition) is 2. The van der Waals surface area contributed by atoms with Crippen LogP contribution in [0, 0.1) is 5.92 Å². The monoisotopic (exact) mass is 383 g/mol. The van der Waals surface area contributed by atoms with Crippen molar-refractivity contribution in [2.45, 2.75) is 18.9 Å². The van der Waals surface area contributed by atoms with Crippen LogP contribution in [0.25, 0.3) is 0 Å². The predicted molar refractivity (Wildman–Crippen MR) is 106 cm³/mol. The second-order valence-electron chi connectivity index (χ2n) is 6.47. The Bertz CT molecular complexity index is 840. The lowest BCUT2D eigenvalue weighted by Crippen LogP contribution is -2.14. The maximum atomic E-state index is 10.4. The zero-order valence-electron chi connectivity index (χ0n) is 14.8. The average molecular weight is 384 g/mol. The Balaban J connectivity index is 1.59. The number of pyridine rings is 1. The molecule has 2 aromatic carbocycles. The van der Waals surface area contributed by atoms with E-state index in [-0.39, 0.29) is 12.5 Å². The zero-order valence-corrected chi connectivity index (χ0v) is 15.6. The quantitative estimate of drug-likeness (QED) is 0.586. The van der Waals surface area contributed by atoms with Gasteiger partial charge in [-0.2, -0.15) is 0 Å². The Morgan fingerprint density at radius 3 is 2.48 bits per heavy atom. The Kier molecular flexibility index (Phi) is 6.82. The summed E-state index contributed by atoms with van der Waals surface area (Å²) in [5, 5.41) is 20.7. The summed E-state index contributed by atoms with van der Waals surface area (Å²) in [6, 6.07) is 20.4. The van der Waals surface area contributed by atoms with Crippen LogP contribution in [-0.4, -0.2) is 21.8 Å². The SMILES string of the molecule is OCC(Cc1ccc(Oc2ccccn2)cc1)C[C@@H](O)c1cccc(Cl)c1. The minimum absolute atomic E-state index is 0.00378. The van der Waals surface area contributed by atoms with Crippen molar-refractivity contribution in [2.24, 2.45) is 5.92 Å². The van der Waals surface area contributed by atoms with E-state index >= 15 is 0 Å². The molecule has 140 valence electrons. The molecule has 3 rings (SSSR count). The minimum Gasteiger partial charge on any atom is -0.439 e. The number of halogens is 1. The first-order valence-electron chi connectivity index (χ1n) is 8.86. The van der Waals surface area contributed by atoms with Crippen LogP contribution in [-0.2, 0) is 6.42 Å². The normalized spacial score (nSPS) is 13.1. The van der Waals surface area contributed by atoms with E-state index in [4.69, 9.17) is 16.3 Å². The molecule has 1 aromatic heterocycles. The minimum atomic E-state index is -0.660. The van der Waals surface area contributed by atoms with E-state index in [0.717, 1.165) is 11.1 Å². The van der Waals surface area contributed by atoms with Gasteiger partial charge in [-0.15, -0.1) is 0 Å². The third-order valence-electron chi connectivity index (χ3n) is 4.36. The number of rotatable bonds is 8. The van der Waals surface area contributed by atoms with Crippen LogP contribution in [0.3, 0.4) is 0 Å². The number of ether oxygens (including phenoxy) is 1. The van der Waals surface area contributed by atoms with Gasteiger partial charge in [-0.25, -0.2) is 4.98 Å². The molecule has 2 atom stereocenters. The number of hydrogen-bond acceptors (Lipinski definition) is 4. The molecule has 0 bridgehead atoms. The van der Waals surface area contributed by atoms with Crippen LogP contribution in [0.15, 0.2) is 72.9 Å². The largest absolute Gasteiger partial charge is 0.439 e. The Hall–Kier alpha value is -2.40. The lowest BCUT2D eigenvalue weighted by Gasteiger charge is -2.19. The summed E-state index contributed by atoms with van der Waals surface area (Å²) in [6.07, 6.45) is 2.15. The molecule has 5 heteroatoms. The van der Waals surface area contributed by atoms with E-state index < -0.39 is 6.10 Å². The fourth-order valence-electron chi connectivity index (χ4n) is 2.94. The van der Waals surface area contributed by atoms with E-state index in [9.17, 15) is 10.2 Å². The highest BCUT2D eigenvalue weighted by Gasteiger charge is 2.16. The van der Waals surface area contributed by atoms with Crippen molar-refractivity contribution >= 4 is 11.6 Å². The molecule has 0 aliphatic heterocycles. The van der Waals surface area contributed by atoms with Crippen LogP contribution >= 0.6 is 11.6 Å². The van der Waals surface area contributed by atoms with Gasteiger partial charge in [0.15, 0.2) is 0 Å². The molecule has 3 aromatic rings. The first-order valence-corrected chi connectivity index (χ1v) is 9.24. The van der Waals surface area contributed by atoms with Gasteiger partial charge in [0.05, 0.1) is 6.10 Å². The van der Waals surface area contributed by atoms with Crippen molar-refractivity contribution in [3.8, 4) is 11.6 Å². The van der Waals surface area contributed by atoms with Crippen LogP contribution < -0.4 is 4.74 Å². The number of benzene rings is 2. The second-order valence-corrected chi connectivity index (χ2v) is 6.91. The van der Waals surface area contributed by atoms with Crippen LogP contribution in [0.5, 0.6) is 11.6 Å². The molecule has 0 aliphatic rings. The summed E-state index contributed by atoms with van der Waals surface area (Å²) in [5.41, 5.74) is 1.83. The van der Waals surface area contributed by atoms with Gasteiger partial charge in [-0.1, -0.05) is 41.9 Å². The van der Waals surface area contributed by atoms with E-state index in [1.54, 1.807) is 24.4 Å². The number of aliphatic hydroxyl groups is 2. The van der Waals surface area contributed by atoms with Crippen LogP contribution in [0.1, 0.15) is 23.7 Å². The first kappa shape index (κ1) is 19.4. The summed E-state index contributed by atoms with van der Waals surface area (Å²) < 4.78 is 5.69. The summed E-state index contributed by atoms with van der Waals surface area (Å²) in [7, 11) is 0. The molecule has 1 unspecified atom stereocenters. The van der Waals surface area contributed by atoms with Gasteiger partial charge in [0.25, 0.3) is 0 Å². The van der Waals surface area contributed by atoms with Gasteiger partial charge in [0, 0.05) is 23.9 Å². The number of nitrogens with zero attached hydrogens (tertiary/aromatic N) is 1. The molecular formula is C22H22ClNO3. The number of aromatic nitrogens is 1. The molecule has 0 saturated heterocycles. The smallest absolute Gasteiger partial charge is 0.219 e. The lowest BCUT2D eigenvalue weighted by atomic mass is 9.92. The van der Waals surface area contributed by atoms with E-state index in [1.165, 1.54) is 0 Å². The van der Waals surface area contributed by atoms with E-state index in [2.05, 4.69) is 4.98 Å². The van der Waals surface area contributed by atoms with Crippen molar-refractivity contribution in [1.82, 2.24) is 4.98 Å². The summed E-state index contributed by atoms with van der Waals surface area (Å²) in [4.78, 5) is 4.13. The van der Waals surface area contributed by atoms with Crippen molar-refractivity contribution < 1.29 is 14.9 Å². The number of aliphatic hydroxyl groups excluding tert-OH is 2. The van der Waals surface area contributed by atoms with Gasteiger partial charge < -0.3 is 14.9 Å². The Morgan fingerprint density at radius 2 is 1.81 bits per heavy atom. The van der Waals surface area contributed by atoms with Gasteiger partial charge in [-0.3, -0.25) is 0 Å². The zero-order chi connectivity index (χ0) is 19.1. The Morgan fingerprint density at radius 1 is 1.00 bits per heavy atom. The van der Waals surface area contributed by atoms with Crippen molar-refractivity contribution in [2.75, 3.05) is 6.61 Å². The molecule has 0 saturated carbocycles. The van der Waals surface area contributed by atoms with E-state index in [0.29, 0.717) is 29.5 Å².